The summed E-state index contributed by atoms with van der Waals surface area (Å²) in [5.41, 5.74) is 0.000404. The largest absolute Gasteiger partial charge is 0.347 e. The highest BCUT2D eigenvalue weighted by Gasteiger charge is 2.46. The first-order chi connectivity index (χ1) is 17.9. The van der Waals surface area contributed by atoms with E-state index in [9.17, 15) is 4.57 Å². The molecule has 2 aromatic heterocycles. The van der Waals surface area contributed by atoms with Gasteiger partial charge in [-0.1, -0.05) is 92.8 Å². The van der Waals surface area contributed by atoms with E-state index in [1.165, 1.54) is 0 Å². The molecule has 2 fully saturated rings. The highest BCUT2D eigenvalue weighted by atomic mass is 35.6. The number of alkyl halides is 3. The topological polar surface area (TPSA) is 54.0 Å². The molecule has 0 bridgehead atoms. The Balaban J connectivity index is 0.000000689. The van der Waals surface area contributed by atoms with Gasteiger partial charge in [0.2, 0.25) is 0 Å². The van der Waals surface area contributed by atoms with Gasteiger partial charge in [-0.05, 0) is 12.1 Å². The van der Waals surface area contributed by atoms with E-state index in [0.717, 1.165) is 35.4 Å². The van der Waals surface area contributed by atoms with Gasteiger partial charge in [-0.15, -0.1) is 22.7 Å². The first kappa shape index (κ1) is 29.1. The van der Waals surface area contributed by atoms with Crippen molar-refractivity contribution in [2.45, 2.75) is 44.6 Å². The molecule has 2 saturated heterocycles. The summed E-state index contributed by atoms with van der Waals surface area (Å²) in [6, 6.07) is 13.9. The summed E-state index contributed by atoms with van der Waals surface area (Å²) in [5.74, 6) is 0. The molecule has 0 radical (unpaired) electrons. The van der Waals surface area contributed by atoms with E-state index < -0.39 is 24.0 Å². The predicted molar refractivity (Wildman–Crippen MR) is 159 cm³/mol. The molecule has 3 aliphatic heterocycles. The van der Waals surface area contributed by atoms with Gasteiger partial charge in [0.05, 0.1) is 45.9 Å². The molecule has 0 atom stereocenters. The Hall–Kier alpha value is -0.440. The summed E-state index contributed by atoms with van der Waals surface area (Å²) >= 11 is 17.7. The Morgan fingerprint density at radius 2 is 1.13 bits per heavy atom. The fourth-order valence-electron chi connectivity index (χ4n) is 4.58. The van der Waals surface area contributed by atoms with Crippen molar-refractivity contribution in [3.8, 4) is 9.75 Å². The molecule has 0 unspecified atom stereocenters. The maximum absolute atomic E-state index is 14.9. The Morgan fingerprint density at radius 3 is 1.50 bits per heavy atom. The number of rotatable bonds is 3. The Labute approximate surface area is 246 Å². The van der Waals surface area contributed by atoms with Crippen molar-refractivity contribution in [3.05, 3.63) is 52.2 Å². The summed E-state index contributed by atoms with van der Waals surface area (Å²) in [5, 5.41) is 2.65. The van der Waals surface area contributed by atoms with Crippen LogP contribution in [0.5, 0.6) is 0 Å². The summed E-state index contributed by atoms with van der Waals surface area (Å²) in [6.07, 6.45) is -0.828. The molecule has 5 nitrogen and oxygen atoms in total. The molecule has 0 aliphatic carbocycles. The van der Waals surface area contributed by atoms with Crippen LogP contribution in [0.2, 0.25) is 0 Å². The van der Waals surface area contributed by atoms with Gasteiger partial charge in [-0.3, -0.25) is 0 Å². The first-order valence-corrected chi connectivity index (χ1v) is 16.9. The van der Waals surface area contributed by atoms with E-state index >= 15 is 0 Å². The van der Waals surface area contributed by atoms with E-state index in [1.807, 2.05) is 30.3 Å². The quantitative estimate of drug-likeness (QED) is 0.172. The predicted octanol–water partition coefficient (Wildman–Crippen LogP) is 7.56. The smallest absolute Gasteiger partial charge is 0.193 e. The van der Waals surface area contributed by atoms with Crippen molar-refractivity contribution in [2.24, 2.45) is 10.8 Å². The number of fused-ring (bicyclic) bond motifs is 3. The van der Waals surface area contributed by atoms with Crippen molar-refractivity contribution in [2.75, 3.05) is 26.4 Å². The summed E-state index contributed by atoms with van der Waals surface area (Å²) < 4.78 is 38.4. The maximum Gasteiger partial charge on any atom is 0.193 e. The van der Waals surface area contributed by atoms with E-state index in [0.29, 0.717) is 26.4 Å². The van der Waals surface area contributed by atoms with Gasteiger partial charge < -0.3 is 23.5 Å². The monoisotopic (exact) mass is 634 g/mol. The number of ether oxygens (including phenoxy) is 4. The third-order valence-electron chi connectivity index (χ3n) is 6.43. The van der Waals surface area contributed by atoms with Crippen LogP contribution in [0.25, 0.3) is 9.75 Å². The molecule has 5 heterocycles. The summed E-state index contributed by atoms with van der Waals surface area (Å²) in [4.78, 5) is 4.07. The fourth-order valence-corrected chi connectivity index (χ4v) is 11.1. The molecule has 6 rings (SSSR count). The molecule has 206 valence electrons. The molecule has 0 spiro atoms. The number of benzene rings is 1. The van der Waals surface area contributed by atoms with Crippen LogP contribution in [0.3, 0.4) is 0 Å². The van der Waals surface area contributed by atoms with Gasteiger partial charge in [-0.25, -0.2) is 0 Å². The average molecular weight is 636 g/mol. The summed E-state index contributed by atoms with van der Waals surface area (Å²) in [6.45, 7) is 11.1. The van der Waals surface area contributed by atoms with Crippen LogP contribution in [0, 0.1) is 10.8 Å². The van der Waals surface area contributed by atoms with Crippen LogP contribution in [0.15, 0.2) is 42.5 Å². The summed E-state index contributed by atoms with van der Waals surface area (Å²) in [7, 11) is -3.02. The minimum absolute atomic E-state index is 0.000202. The van der Waals surface area contributed by atoms with Gasteiger partial charge in [0.25, 0.3) is 0 Å². The van der Waals surface area contributed by atoms with Gasteiger partial charge in [0, 0.05) is 26.7 Å². The minimum Gasteiger partial charge on any atom is -0.347 e. The standard InChI is InChI=1S/C26H29O5PS2.CHCl3/c1-25(2)12-28-23(29-13-25)19-10-17-21(33-19)22-18(32(17,27)16-8-6-5-7-9-16)11-20(34-22)24-30-14-26(3,4)15-31-24;2-1(3)4/h5-11,23-24H,12-15H2,1-4H3;1H. The van der Waals surface area contributed by atoms with E-state index in [2.05, 4.69) is 39.8 Å². The van der Waals surface area contributed by atoms with Crippen molar-refractivity contribution >= 4 is 80.5 Å². The number of hydrogen-bond donors (Lipinski definition) is 0. The lowest BCUT2D eigenvalue weighted by atomic mass is 9.95. The second-order valence-corrected chi connectivity index (χ2v) is 18.0. The second kappa shape index (κ2) is 11.1. The van der Waals surface area contributed by atoms with Gasteiger partial charge in [-0.2, -0.15) is 0 Å². The maximum atomic E-state index is 14.9. The molecule has 38 heavy (non-hydrogen) atoms. The second-order valence-electron chi connectivity index (χ2n) is 11.2. The lowest BCUT2D eigenvalue weighted by molar-refractivity contribution is -0.224. The average Bonchev–Trinajstić information content (AvgIpc) is 3.53. The van der Waals surface area contributed by atoms with Crippen LogP contribution in [0.1, 0.15) is 50.0 Å². The van der Waals surface area contributed by atoms with Crippen molar-refractivity contribution in [1.29, 1.82) is 0 Å². The third kappa shape index (κ3) is 5.80. The van der Waals surface area contributed by atoms with Crippen LogP contribution in [-0.4, -0.2) is 30.7 Å². The van der Waals surface area contributed by atoms with Crippen LogP contribution in [0.4, 0.5) is 0 Å². The number of hydrogen-bond acceptors (Lipinski definition) is 7. The van der Waals surface area contributed by atoms with Crippen molar-refractivity contribution in [1.82, 2.24) is 0 Å². The van der Waals surface area contributed by atoms with Gasteiger partial charge in [0.1, 0.15) is 0 Å². The molecule has 0 saturated carbocycles. The molecule has 1 aromatic carbocycles. The SMILES string of the molecule is CC1(C)COC(c2cc3c(s2)-c2sc(C4OCC(C)(C)CO4)cc2P3(=O)c2ccccc2)OC1.ClC(Cl)Cl. The van der Waals surface area contributed by atoms with E-state index in [1.54, 1.807) is 22.7 Å². The zero-order valence-corrected chi connectivity index (χ0v) is 26.3. The third-order valence-corrected chi connectivity index (χ3v) is 12.3. The fraction of sp³-hybridized carbons (Fsp3) is 0.481. The molecular formula is C27H30Cl3O5PS2. The van der Waals surface area contributed by atoms with E-state index in [-0.39, 0.29) is 10.8 Å². The number of thiophene rings is 2. The van der Waals surface area contributed by atoms with Gasteiger partial charge >= 0.3 is 0 Å². The molecule has 3 aromatic rings. The highest BCUT2D eigenvalue weighted by Crippen LogP contribution is 2.58. The van der Waals surface area contributed by atoms with Crippen LogP contribution in [-0.2, 0) is 23.5 Å². The Morgan fingerprint density at radius 1 is 0.763 bits per heavy atom. The zero-order chi connectivity index (χ0) is 27.3. The highest BCUT2D eigenvalue weighted by molar-refractivity contribution is 7.87. The van der Waals surface area contributed by atoms with Crippen molar-refractivity contribution in [3.63, 3.8) is 0 Å². The zero-order valence-electron chi connectivity index (χ0n) is 21.5. The lowest BCUT2D eigenvalue weighted by Crippen LogP contribution is -2.33. The molecule has 0 N–H and O–H groups in total. The number of halogens is 3. The lowest BCUT2D eigenvalue weighted by Gasteiger charge is -2.34. The molecule has 11 heteroatoms. The minimum atomic E-state index is -3.02. The molecular weight excluding hydrogens is 606 g/mol. The Kier molecular flexibility index (Phi) is 8.48. The Bertz CT molecular complexity index is 1240. The van der Waals surface area contributed by atoms with Crippen LogP contribution >= 0.6 is 64.6 Å². The van der Waals surface area contributed by atoms with Crippen molar-refractivity contribution < 1.29 is 23.5 Å². The van der Waals surface area contributed by atoms with Crippen LogP contribution < -0.4 is 15.9 Å². The first-order valence-electron chi connectivity index (χ1n) is 12.2. The normalized spacial score (nSPS) is 22.0. The van der Waals surface area contributed by atoms with Gasteiger partial charge in [0.15, 0.2) is 24.0 Å². The van der Waals surface area contributed by atoms with E-state index in [4.69, 9.17) is 53.8 Å². The molecule has 0 amide bonds. The molecule has 3 aliphatic rings.